The summed E-state index contributed by atoms with van der Waals surface area (Å²) in [7, 11) is 0. The summed E-state index contributed by atoms with van der Waals surface area (Å²) in [5.41, 5.74) is 7.75. The number of nitrogen functional groups attached to an aromatic ring is 1. The van der Waals surface area contributed by atoms with Gasteiger partial charge in [0, 0.05) is 60.9 Å². The normalized spacial score (nSPS) is 21.3. The molecule has 11 heteroatoms. The van der Waals surface area contributed by atoms with Crippen LogP contribution in [0.2, 0.25) is 5.02 Å². The number of aromatic nitrogens is 1. The summed E-state index contributed by atoms with van der Waals surface area (Å²) < 4.78 is 0. The molecule has 1 aliphatic carbocycles. The van der Waals surface area contributed by atoms with E-state index in [9.17, 15) is 14.4 Å². The van der Waals surface area contributed by atoms with E-state index in [1.54, 1.807) is 11.0 Å². The average molecular weight is 542 g/mol. The topological polar surface area (TPSA) is 124 Å². The molecule has 3 aliphatic rings. The number of urea groups is 2. The van der Waals surface area contributed by atoms with Crippen molar-refractivity contribution in [3.63, 3.8) is 0 Å². The van der Waals surface area contributed by atoms with E-state index in [1.807, 2.05) is 18.2 Å². The fourth-order valence-electron chi connectivity index (χ4n) is 5.73. The Morgan fingerprint density at radius 3 is 2.39 bits per heavy atom. The number of amides is 5. The molecule has 204 valence electrons. The third kappa shape index (κ3) is 5.90. The van der Waals surface area contributed by atoms with Crippen molar-refractivity contribution >= 4 is 52.0 Å². The molecule has 2 aromatic rings. The smallest absolute Gasteiger partial charge is 0.324 e. The van der Waals surface area contributed by atoms with Crippen molar-refractivity contribution in [3.8, 4) is 0 Å². The molecule has 3 fully saturated rings. The standard InChI is InChI=1S/C27H36ClN7O3/c28-18-9-10-20-22(16-18)31-24(29)17-23(20)33-12-14-34(15-13-33)26(37)32-21-8-4-5-11-35(25(21)36)27(38)30-19-6-2-1-3-7-19/h9-10,16-17,19,21H,1-8,11-15H2,(H2,29,31)(H,30,38)(H,32,37)/t21-/m0/s1. The second-order valence-corrected chi connectivity index (χ2v) is 10.9. The molecule has 38 heavy (non-hydrogen) atoms. The van der Waals surface area contributed by atoms with E-state index < -0.39 is 6.04 Å². The Morgan fingerprint density at radius 2 is 1.63 bits per heavy atom. The molecule has 1 aromatic heterocycles. The lowest BCUT2D eigenvalue weighted by Gasteiger charge is -2.37. The van der Waals surface area contributed by atoms with Crippen LogP contribution in [-0.2, 0) is 4.79 Å². The highest BCUT2D eigenvalue weighted by Gasteiger charge is 2.34. The number of nitrogens with one attached hydrogen (secondary N) is 2. The predicted molar refractivity (Wildman–Crippen MR) is 148 cm³/mol. The number of rotatable bonds is 3. The summed E-state index contributed by atoms with van der Waals surface area (Å²) in [6, 6.07) is 6.23. The Balaban J connectivity index is 1.19. The number of fused-ring (bicyclic) bond motifs is 1. The fourth-order valence-corrected chi connectivity index (χ4v) is 5.90. The van der Waals surface area contributed by atoms with Gasteiger partial charge in [-0.1, -0.05) is 30.9 Å². The molecule has 3 heterocycles. The molecule has 0 bridgehead atoms. The van der Waals surface area contributed by atoms with Crippen LogP contribution in [0, 0.1) is 0 Å². The van der Waals surface area contributed by atoms with Crippen molar-refractivity contribution in [3.05, 3.63) is 29.3 Å². The summed E-state index contributed by atoms with van der Waals surface area (Å²) in [5, 5.41) is 7.51. The van der Waals surface area contributed by atoms with Crippen LogP contribution < -0.4 is 21.3 Å². The first kappa shape index (κ1) is 26.3. The molecule has 2 aliphatic heterocycles. The molecular weight excluding hydrogens is 506 g/mol. The summed E-state index contributed by atoms with van der Waals surface area (Å²) in [5.74, 6) is 0.0964. The quantitative estimate of drug-likeness (QED) is 0.544. The first-order valence-electron chi connectivity index (χ1n) is 13.7. The second kappa shape index (κ2) is 11.6. The van der Waals surface area contributed by atoms with Gasteiger partial charge in [0.15, 0.2) is 0 Å². The second-order valence-electron chi connectivity index (χ2n) is 10.5. The number of hydrogen-bond donors (Lipinski definition) is 3. The lowest BCUT2D eigenvalue weighted by molar-refractivity contribution is -0.129. The minimum absolute atomic E-state index is 0.126. The van der Waals surface area contributed by atoms with Crippen LogP contribution in [0.1, 0.15) is 51.4 Å². The van der Waals surface area contributed by atoms with E-state index in [4.69, 9.17) is 17.3 Å². The first-order chi connectivity index (χ1) is 18.4. The van der Waals surface area contributed by atoms with Crippen molar-refractivity contribution < 1.29 is 14.4 Å². The van der Waals surface area contributed by atoms with Crippen LogP contribution in [0.4, 0.5) is 21.1 Å². The van der Waals surface area contributed by atoms with Gasteiger partial charge in [0.05, 0.1) is 5.52 Å². The predicted octanol–water partition coefficient (Wildman–Crippen LogP) is 3.73. The molecule has 0 spiro atoms. The highest BCUT2D eigenvalue weighted by atomic mass is 35.5. The SMILES string of the molecule is Nc1cc(N2CCN(C(=O)N[C@H]3CCCCN(C(=O)NC4CCCCC4)C3=O)CC2)c2ccc(Cl)cc2n1. The van der Waals surface area contributed by atoms with Gasteiger partial charge in [-0.25, -0.2) is 14.6 Å². The first-order valence-corrected chi connectivity index (χ1v) is 14.0. The Hall–Kier alpha value is -3.27. The maximum atomic E-state index is 13.3. The van der Waals surface area contributed by atoms with Crippen molar-refractivity contribution in [1.29, 1.82) is 0 Å². The number of likely N-dealkylation sites (tertiary alicyclic amines) is 1. The monoisotopic (exact) mass is 541 g/mol. The fraction of sp³-hybridized carbons (Fsp3) is 0.556. The van der Waals surface area contributed by atoms with Crippen molar-refractivity contribution in [2.75, 3.05) is 43.4 Å². The molecule has 2 saturated heterocycles. The Kier molecular flexibility index (Phi) is 8.06. The minimum atomic E-state index is -0.700. The molecular formula is C27H36ClN7O3. The minimum Gasteiger partial charge on any atom is -0.384 e. The number of carbonyl (C=O) groups is 3. The van der Waals surface area contributed by atoms with Gasteiger partial charge in [-0.15, -0.1) is 0 Å². The average Bonchev–Trinajstić information content (AvgIpc) is 3.09. The van der Waals surface area contributed by atoms with Crippen molar-refractivity contribution in [2.24, 2.45) is 0 Å². The molecule has 1 aromatic carbocycles. The van der Waals surface area contributed by atoms with E-state index in [0.717, 1.165) is 55.1 Å². The summed E-state index contributed by atoms with van der Waals surface area (Å²) in [6.45, 7) is 2.61. The molecule has 1 saturated carbocycles. The maximum Gasteiger partial charge on any atom is 0.324 e. The van der Waals surface area contributed by atoms with Crippen LogP contribution in [-0.4, -0.2) is 77.6 Å². The third-order valence-electron chi connectivity index (χ3n) is 7.84. The van der Waals surface area contributed by atoms with Gasteiger partial charge >= 0.3 is 12.1 Å². The Bertz CT molecular complexity index is 1190. The molecule has 5 rings (SSSR count). The van der Waals surface area contributed by atoms with Crippen LogP contribution in [0.15, 0.2) is 24.3 Å². The van der Waals surface area contributed by atoms with Crippen LogP contribution in [0.25, 0.3) is 10.9 Å². The molecule has 4 N–H and O–H groups in total. The van der Waals surface area contributed by atoms with E-state index in [1.165, 1.54) is 11.3 Å². The highest BCUT2D eigenvalue weighted by Crippen LogP contribution is 2.30. The van der Waals surface area contributed by atoms with Crippen LogP contribution in [0.5, 0.6) is 0 Å². The van der Waals surface area contributed by atoms with Gasteiger partial charge in [0.1, 0.15) is 11.9 Å². The van der Waals surface area contributed by atoms with E-state index in [-0.39, 0.29) is 24.0 Å². The third-order valence-corrected chi connectivity index (χ3v) is 8.08. The summed E-state index contributed by atoms with van der Waals surface area (Å²) in [6.07, 6.45) is 7.35. The number of imide groups is 1. The Morgan fingerprint density at radius 1 is 0.895 bits per heavy atom. The van der Waals surface area contributed by atoms with Crippen LogP contribution in [0.3, 0.4) is 0 Å². The van der Waals surface area contributed by atoms with E-state index in [2.05, 4.69) is 20.5 Å². The molecule has 1 atom stereocenters. The number of nitrogens with zero attached hydrogens (tertiary/aromatic N) is 4. The molecule has 0 radical (unpaired) electrons. The largest absolute Gasteiger partial charge is 0.384 e. The number of halogens is 1. The van der Waals surface area contributed by atoms with E-state index >= 15 is 0 Å². The van der Waals surface area contributed by atoms with Gasteiger partial charge in [-0.05, 0) is 50.3 Å². The number of pyridine rings is 1. The highest BCUT2D eigenvalue weighted by molar-refractivity contribution is 6.31. The molecule has 10 nitrogen and oxygen atoms in total. The van der Waals surface area contributed by atoms with Gasteiger partial charge in [-0.3, -0.25) is 9.69 Å². The zero-order valence-corrected chi connectivity index (χ0v) is 22.4. The zero-order chi connectivity index (χ0) is 26.6. The number of hydrogen-bond acceptors (Lipinski definition) is 6. The maximum absolute atomic E-state index is 13.3. The number of piperazine rings is 1. The molecule has 5 amide bonds. The number of anilines is 2. The van der Waals surface area contributed by atoms with Crippen LogP contribution >= 0.6 is 11.6 Å². The van der Waals surface area contributed by atoms with E-state index in [0.29, 0.717) is 50.0 Å². The van der Waals surface area contributed by atoms with Gasteiger partial charge in [-0.2, -0.15) is 0 Å². The lowest BCUT2D eigenvalue weighted by atomic mass is 9.96. The summed E-state index contributed by atoms with van der Waals surface area (Å²) >= 11 is 6.14. The van der Waals surface area contributed by atoms with Gasteiger partial charge in [0.25, 0.3) is 5.91 Å². The van der Waals surface area contributed by atoms with Crippen molar-refractivity contribution in [1.82, 2.24) is 25.4 Å². The zero-order valence-electron chi connectivity index (χ0n) is 21.6. The molecule has 0 unspecified atom stereocenters. The number of nitrogens with two attached hydrogens (primary N) is 1. The number of carbonyl (C=O) groups excluding carboxylic acids is 3. The van der Waals surface area contributed by atoms with Crippen molar-refractivity contribution in [2.45, 2.75) is 63.5 Å². The van der Waals surface area contributed by atoms with Gasteiger partial charge in [0.2, 0.25) is 0 Å². The summed E-state index contributed by atoms with van der Waals surface area (Å²) in [4.78, 5) is 48.9. The Labute approximate surface area is 227 Å². The lowest BCUT2D eigenvalue weighted by Crippen LogP contribution is -2.57. The van der Waals surface area contributed by atoms with Gasteiger partial charge < -0.3 is 26.2 Å². The number of benzene rings is 1.